The molecule has 0 saturated carbocycles. The number of para-hydroxylation sites is 1. The second-order valence-electron chi connectivity index (χ2n) is 5.48. The zero-order valence-electron chi connectivity index (χ0n) is 13.2. The van der Waals surface area contributed by atoms with Crippen molar-refractivity contribution in [2.45, 2.75) is 32.6 Å². The monoisotopic (exact) mass is 340 g/mol. The van der Waals surface area contributed by atoms with Crippen molar-refractivity contribution in [3.8, 4) is 5.75 Å². The molecule has 0 unspecified atom stereocenters. The summed E-state index contributed by atoms with van der Waals surface area (Å²) < 4.78 is 34.9. The van der Waals surface area contributed by atoms with Crippen molar-refractivity contribution in [2.75, 3.05) is 0 Å². The van der Waals surface area contributed by atoms with Gasteiger partial charge in [0.25, 0.3) is 0 Å². The number of hydrogen-bond acceptors (Lipinski definition) is 4. The van der Waals surface area contributed by atoms with Crippen molar-refractivity contribution in [1.29, 1.82) is 0 Å². The predicted octanol–water partition coefficient (Wildman–Crippen LogP) is 2.72. The van der Waals surface area contributed by atoms with E-state index in [9.17, 15) is 18.4 Å². The van der Waals surface area contributed by atoms with Crippen LogP contribution in [-0.2, 0) is 9.53 Å². The molecule has 2 amide bonds. The third kappa shape index (κ3) is 4.01. The fourth-order valence-corrected chi connectivity index (χ4v) is 2.47. The van der Waals surface area contributed by atoms with Crippen LogP contribution < -0.4 is 15.4 Å². The SMILES string of the molecule is C=C1NC(=O)N[C@H](c2ccccc2OC(F)F)[C@H]1C(=O)OC(C)C. The molecule has 1 aromatic carbocycles. The third-order valence-electron chi connectivity index (χ3n) is 3.35. The molecule has 1 fully saturated rings. The fraction of sp³-hybridized carbons (Fsp3) is 0.375. The van der Waals surface area contributed by atoms with Crippen LogP contribution in [0.2, 0.25) is 0 Å². The lowest BCUT2D eigenvalue weighted by Gasteiger charge is -2.34. The predicted molar refractivity (Wildman–Crippen MR) is 81.3 cm³/mol. The van der Waals surface area contributed by atoms with Gasteiger partial charge < -0.3 is 20.1 Å². The Balaban J connectivity index is 2.41. The van der Waals surface area contributed by atoms with Crippen LogP contribution in [0.3, 0.4) is 0 Å². The number of ether oxygens (including phenoxy) is 2. The minimum Gasteiger partial charge on any atom is -0.462 e. The van der Waals surface area contributed by atoms with Gasteiger partial charge in [0.05, 0.1) is 12.1 Å². The van der Waals surface area contributed by atoms with Crippen molar-refractivity contribution in [1.82, 2.24) is 10.6 Å². The van der Waals surface area contributed by atoms with Gasteiger partial charge in [-0.2, -0.15) is 8.78 Å². The smallest absolute Gasteiger partial charge is 0.387 e. The lowest BCUT2D eigenvalue weighted by molar-refractivity contribution is -0.152. The molecule has 0 aliphatic carbocycles. The molecule has 2 atom stereocenters. The number of rotatable bonds is 5. The summed E-state index contributed by atoms with van der Waals surface area (Å²) in [4.78, 5) is 24.1. The molecule has 0 radical (unpaired) electrons. The van der Waals surface area contributed by atoms with Gasteiger partial charge in [-0.05, 0) is 19.9 Å². The van der Waals surface area contributed by atoms with Crippen LogP contribution in [0.25, 0.3) is 0 Å². The molecule has 1 heterocycles. The zero-order chi connectivity index (χ0) is 17.9. The first-order valence-corrected chi connectivity index (χ1v) is 7.30. The minimum atomic E-state index is -3.03. The number of carbonyl (C=O) groups is 2. The first-order chi connectivity index (χ1) is 11.3. The van der Waals surface area contributed by atoms with Gasteiger partial charge in [-0.25, -0.2) is 4.79 Å². The molecule has 8 heteroatoms. The summed E-state index contributed by atoms with van der Waals surface area (Å²) in [6, 6.07) is 4.41. The van der Waals surface area contributed by atoms with Gasteiger partial charge in [-0.15, -0.1) is 0 Å². The standard InChI is InChI=1S/C16H18F2N2O4/c1-8(2)23-14(21)12-9(3)19-16(22)20-13(12)10-6-4-5-7-11(10)24-15(17)18/h4-8,12-13,15H,3H2,1-2H3,(H2,19,20,22)/t12-,13+/m0/s1. The highest BCUT2D eigenvalue weighted by molar-refractivity contribution is 5.85. The maximum atomic E-state index is 12.6. The number of amides is 2. The molecule has 1 aliphatic heterocycles. The largest absolute Gasteiger partial charge is 0.462 e. The van der Waals surface area contributed by atoms with E-state index in [0.29, 0.717) is 0 Å². The van der Waals surface area contributed by atoms with E-state index in [4.69, 9.17) is 4.74 Å². The molecule has 1 aromatic rings. The van der Waals surface area contributed by atoms with E-state index >= 15 is 0 Å². The van der Waals surface area contributed by atoms with Gasteiger partial charge in [0.15, 0.2) is 0 Å². The van der Waals surface area contributed by atoms with Crippen LogP contribution in [0, 0.1) is 5.92 Å². The summed E-state index contributed by atoms with van der Waals surface area (Å²) >= 11 is 0. The molecule has 130 valence electrons. The van der Waals surface area contributed by atoms with E-state index in [1.807, 2.05) is 0 Å². The third-order valence-corrected chi connectivity index (χ3v) is 3.35. The Kier molecular flexibility index (Phi) is 5.38. The molecule has 0 bridgehead atoms. The van der Waals surface area contributed by atoms with Gasteiger partial charge in [-0.3, -0.25) is 4.79 Å². The molecular weight excluding hydrogens is 322 g/mol. The highest BCUT2D eigenvalue weighted by atomic mass is 19.3. The molecule has 1 aliphatic rings. The zero-order valence-corrected chi connectivity index (χ0v) is 13.2. The number of carbonyl (C=O) groups excluding carboxylic acids is 2. The summed E-state index contributed by atoms with van der Waals surface area (Å²) in [5.74, 6) is -1.73. The molecule has 0 spiro atoms. The maximum Gasteiger partial charge on any atom is 0.387 e. The van der Waals surface area contributed by atoms with Crippen molar-refractivity contribution in [3.05, 3.63) is 42.1 Å². The van der Waals surface area contributed by atoms with Crippen LogP contribution in [-0.4, -0.2) is 24.7 Å². The summed E-state index contributed by atoms with van der Waals surface area (Å²) in [5.41, 5.74) is 0.362. The number of halogens is 2. The summed E-state index contributed by atoms with van der Waals surface area (Å²) in [6.45, 7) is 4.00. The van der Waals surface area contributed by atoms with Gasteiger partial charge in [0.2, 0.25) is 0 Å². The Morgan fingerprint density at radius 1 is 1.29 bits per heavy atom. The van der Waals surface area contributed by atoms with Crippen LogP contribution in [0.1, 0.15) is 25.5 Å². The molecule has 1 saturated heterocycles. The normalized spacial score (nSPS) is 20.6. The first kappa shape index (κ1) is 17.7. The van der Waals surface area contributed by atoms with Gasteiger partial charge in [0.1, 0.15) is 11.7 Å². The average molecular weight is 340 g/mol. The molecule has 0 aromatic heterocycles. The summed E-state index contributed by atoms with van der Waals surface area (Å²) in [7, 11) is 0. The van der Waals surface area contributed by atoms with Crippen LogP contribution in [0.4, 0.5) is 13.6 Å². The van der Waals surface area contributed by atoms with E-state index in [1.165, 1.54) is 18.2 Å². The highest BCUT2D eigenvalue weighted by Crippen LogP contribution is 2.36. The lowest BCUT2D eigenvalue weighted by atomic mass is 9.88. The number of benzene rings is 1. The second kappa shape index (κ2) is 7.29. The Bertz CT molecular complexity index is 649. The van der Waals surface area contributed by atoms with E-state index in [-0.39, 0.29) is 23.1 Å². The number of urea groups is 1. The van der Waals surface area contributed by atoms with Gasteiger partial charge in [0, 0.05) is 11.3 Å². The average Bonchev–Trinajstić information content (AvgIpc) is 2.45. The summed E-state index contributed by atoms with van der Waals surface area (Å²) in [5, 5.41) is 4.95. The topological polar surface area (TPSA) is 76.7 Å². The number of hydrogen-bond donors (Lipinski definition) is 2. The van der Waals surface area contributed by atoms with Crippen LogP contribution >= 0.6 is 0 Å². The van der Waals surface area contributed by atoms with E-state index < -0.39 is 30.6 Å². The van der Waals surface area contributed by atoms with Gasteiger partial charge in [-0.1, -0.05) is 24.8 Å². The van der Waals surface area contributed by atoms with Crippen molar-refractivity contribution < 1.29 is 27.8 Å². The Morgan fingerprint density at radius 2 is 1.96 bits per heavy atom. The Labute approximate surface area is 137 Å². The van der Waals surface area contributed by atoms with Crippen molar-refractivity contribution in [2.24, 2.45) is 5.92 Å². The fourth-order valence-electron chi connectivity index (χ4n) is 2.47. The van der Waals surface area contributed by atoms with E-state index in [1.54, 1.807) is 19.9 Å². The highest BCUT2D eigenvalue weighted by Gasteiger charge is 2.40. The van der Waals surface area contributed by atoms with Crippen LogP contribution in [0.15, 0.2) is 36.5 Å². The van der Waals surface area contributed by atoms with E-state index in [0.717, 1.165) is 0 Å². The first-order valence-electron chi connectivity index (χ1n) is 7.30. The molecule has 24 heavy (non-hydrogen) atoms. The van der Waals surface area contributed by atoms with Crippen molar-refractivity contribution >= 4 is 12.0 Å². The summed E-state index contributed by atoms with van der Waals surface area (Å²) in [6.07, 6.45) is -0.379. The maximum absolute atomic E-state index is 12.6. The molecule has 2 rings (SSSR count). The number of nitrogens with one attached hydrogen (secondary N) is 2. The lowest BCUT2D eigenvalue weighted by Crippen LogP contribution is -2.51. The van der Waals surface area contributed by atoms with Crippen molar-refractivity contribution in [3.63, 3.8) is 0 Å². The Morgan fingerprint density at radius 3 is 2.58 bits per heavy atom. The molecule has 2 N–H and O–H groups in total. The number of alkyl halides is 2. The van der Waals surface area contributed by atoms with E-state index in [2.05, 4.69) is 21.9 Å². The van der Waals surface area contributed by atoms with Gasteiger partial charge >= 0.3 is 18.6 Å². The van der Waals surface area contributed by atoms with Crippen LogP contribution in [0.5, 0.6) is 5.75 Å². The quantitative estimate of drug-likeness (QED) is 0.808. The number of esters is 1. The molecular formula is C16H18F2N2O4. The Hall–Kier alpha value is -2.64. The second-order valence-corrected chi connectivity index (χ2v) is 5.48. The minimum absolute atomic E-state index is 0.126. The molecule has 6 nitrogen and oxygen atoms in total.